The highest BCUT2D eigenvalue weighted by Gasteiger charge is 2.35. The summed E-state index contributed by atoms with van der Waals surface area (Å²) >= 11 is 0. The lowest BCUT2D eigenvalue weighted by Crippen LogP contribution is -2.46. The van der Waals surface area contributed by atoms with Crippen molar-refractivity contribution in [2.75, 3.05) is 13.7 Å². The van der Waals surface area contributed by atoms with Crippen LogP contribution in [0.4, 0.5) is 0 Å². The van der Waals surface area contributed by atoms with Gasteiger partial charge in [-0.3, -0.25) is 4.79 Å². The van der Waals surface area contributed by atoms with Crippen molar-refractivity contribution in [2.24, 2.45) is 11.8 Å². The van der Waals surface area contributed by atoms with Crippen LogP contribution in [0.2, 0.25) is 0 Å². The van der Waals surface area contributed by atoms with Gasteiger partial charge in [-0.15, -0.1) is 0 Å². The van der Waals surface area contributed by atoms with E-state index < -0.39 is 0 Å². The zero-order valence-corrected chi connectivity index (χ0v) is 12.3. The molecule has 0 radical (unpaired) electrons. The van der Waals surface area contributed by atoms with Gasteiger partial charge >= 0.3 is 0 Å². The Labute approximate surface area is 120 Å². The molecule has 3 rings (SSSR count). The molecule has 0 bridgehead atoms. The van der Waals surface area contributed by atoms with Crippen LogP contribution in [0.15, 0.2) is 18.2 Å². The van der Waals surface area contributed by atoms with E-state index in [-0.39, 0.29) is 5.92 Å². The van der Waals surface area contributed by atoms with E-state index in [1.807, 2.05) is 18.2 Å². The smallest absolute Gasteiger partial charge is 0.167 e. The van der Waals surface area contributed by atoms with E-state index in [2.05, 4.69) is 12.2 Å². The van der Waals surface area contributed by atoms with Gasteiger partial charge in [0.1, 0.15) is 5.75 Å². The van der Waals surface area contributed by atoms with Crippen molar-refractivity contribution in [3.8, 4) is 5.75 Å². The number of carbonyl (C=O) groups is 1. The van der Waals surface area contributed by atoms with Gasteiger partial charge in [0.05, 0.1) is 7.11 Å². The number of methoxy groups -OCH3 is 1. The molecule has 108 valence electrons. The first-order chi connectivity index (χ1) is 9.69. The van der Waals surface area contributed by atoms with E-state index in [9.17, 15) is 4.79 Å². The molecule has 1 heterocycles. The fourth-order valence-corrected chi connectivity index (χ4v) is 3.61. The molecule has 1 fully saturated rings. The number of ketones is 1. The third-order valence-electron chi connectivity index (χ3n) is 4.83. The number of benzene rings is 1. The summed E-state index contributed by atoms with van der Waals surface area (Å²) in [6.07, 6.45) is 4.32. The van der Waals surface area contributed by atoms with Gasteiger partial charge in [-0.05, 0) is 55.8 Å². The summed E-state index contributed by atoms with van der Waals surface area (Å²) in [5, 5.41) is 3.56. The van der Waals surface area contributed by atoms with Gasteiger partial charge in [-0.2, -0.15) is 0 Å². The van der Waals surface area contributed by atoms with Crippen molar-refractivity contribution in [3.63, 3.8) is 0 Å². The summed E-state index contributed by atoms with van der Waals surface area (Å²) in [5.41, 5.74) is 2.05. The molecule has 3 atom stereocenters. The lowest BCUT2D eigenvalue weighted by Gasteiger charge is -2.36. The molecule has 1 aromatic rings. The van der Waals surface area contributed by atoms with Gasteiger partial charge in [-0.1, -0.05) is 13.0 Å². The first-order valence-corrected chi connectivity index (χ1v) is 7.63. The third-order valence-corrected chi connectivity index (χ3v) is 4.83. The van der Waals surface area contributed by atoms with Crippen LogP contribution in [0.1, 0.15) is 42.1 Å². The van der Waals surface area contributed by atoms with E-state index in [0.29, 0.717) is 11.8 Å². The number of hydrogen-bond acceptors (Lipinski definition) is 3. The second kappa shape index (κ2) is 5.57. The number of fused-ring (bicyclic) bond motifs is 1. The van der Waals surface area contributed by atoms with Gasteiger partial charge in [0.15, 0.2) is 5.78 Å². The molecule has 3 nitrogen and oxygen atoms in total. The number of Topliss-reactive ketones (excluding diaryl/α,β-unsaturated/α-hetero) is 1. The number of ether oxygens (including phenoxy) is 1. The van der Waals surface area contributed by atoms with Crippen molar-refractivity contribution in [2.45, 2.75) is 38.6 Å². The average molecular weight is 273 g/mol. The van der Waals surface area contributed by atoms with Crippen LogP contribution in [0.5, 0.6) is 5.75 Å². The van der Waals surface area contributed by atoms with E-state index in [0.717, 1.165) is 43.0 Å². The number of rotatable bonds is 2. The first kappa shape index (κ1) is 13.6. The lowest BCUT2D eigenvalue weighted by molar-refractivity contribution is 0.0842. The molecule has 0 aromatic heterocycles. The summed E-state index contributed by atoms with van der Waals surface area (Å²) in [6, 6.07) is 6.26. The Kier molecular flexibility index (Phi) is 3.79. The quantitative estimate of drug-likeness (QED) is 0.900. The van der Waals surface area contributed by atoms with Crippen LogP contribution in [0.25, 0.3) is 0 Å². The summed E-state index contributed by atoms with van der Waals surface area (Å²) < 4.78 is 5.26. The summed E-state index contributed by atoms with van der Waals surface area (Å²) in [5.74, 6) is 1.94. The van der Waals surface area contributed by atoms with Crippen molar-refractivity contribution in [3.05, 3.63) is 29.3 Å². The SMILES string of the molecule is COc1ccc2c(c1)C(=O)C(C1CC(C)CCN1)CC2. The maximum absolute atomic E-state index is 12.8. The topological polar surface area (TPSA) is 38.3 Å². The van der Waals surface area contributed by atoms with Crippen molar-refractivity contribution in [1.29, 1.82) is 0 Å². The fourth-order valence-electron chi connectivity index (χ4n) is 3.61. The lowest BCUT2D eigenvalue weighted by atomic mass is 9.75. The van der Waals surface area contributed by atoms with Crippen molar-refractivity contribution >= 4 is 5.78 Å². The minimum Gasteiger partial charge on any atom is -0.497 e. The largest absolute Gasteiger partial charge is 0.497 e. The number of carbonyl (C=O) groups excluding carboxylic acids is 1. The van der Waals surface area contributed by atoms with Crippen LogP contribution < -0.4 is 10.1 Å². The minimum atomic E-state index is 0.136. The van der Waals surface area contributed by atoms with Crippen LogP contribution in [-0.2, 0) is 6.42 Å². The Bertz CT molecular complexity index is 512. The molecule has 0 amide bonds. The van der Waals surface area contributed by atoms with Crippen LogP contribution in [0, 0.1) is 11.8 Å². The van der Waals surface area contributed by atoms with Gasteiger partial charge in [0, 0.05) is 17.5 Å². The van der Waals surface area contributed by atoms with Crippen LogP contribution in [-0.4, -0.2) is 25.5 Å². The minimum absolute atomic E-state index is 0.136. The number of aryl methyl sites for hydroxylation is 1. The molecule has 0 spiro atoms. The molecule has 1 aliphatic carbocycles. The van der Waals surface area contributed by atoms with E-state index in [1.54, 1.807) is 7.11 Å². The number of nitrogens with one attached hydrogen (secondary N) is 1. The third kappa shape index (κ3) is 2.47. The molecule has 3 unspecified atom stereocenters. The highest BCUT2D eigenvalue weighted by molar-refractivity contribution is 6.01. The first-order valence-electron chi connectivity index (χ1n) is 7.63. The Balaban J connectivity index is 1.84. The molecule has 0 saturated carbocycles. The predicted octanol–water partition coefficient (Wildman–Crippen LogP) is 2.83. The Morgan fingerprint density at radius 1 is 1.30 bits per heavy atom. The summed E-state index contributed by atoms with van der Waals surface area (Å²) in [4.78, 5) is 12.8. The maximum Gasteiger partial charge on any atom is 0.167 e. The highest BCUT2D eigenvalue weighted by Crippen LogP contribution is 2.33. The molecule has 20 heavy (non-hydrogen) atoms. The Morgan fingerprint density at radius 3 is 2.90 bits per heavy atom. The molecular weight excluding hydrogens is 250 g/mol. The summed E-state index contributed by atoms with van der Waals surface area (Å²) in [7, 11) is 1.65. The Morgan fingerprint density at radius 2 is 2.15 bits per heavy atom. The maximum atomic E-state index is 12.8. The van der Waals surface area contributed by atoms with Gasteiger partial charge in [0.2, 0.25) is 0 Å². The van der Waals surface area contributed by atoms with Gasteiger partial charge in [-0.25, -0.2) is 0 Å². The Hall–Kier alpha value is -1.35. The number of hydrogen-bond donors (Lipinski definition) is 1. The summed E-state index contributed by atoms with van der Waals surface area (Å²) in [6.45, 7) is 3.33. The van der Waals surface area contributed by atoms with Gasteiger partial charge < -0.3 is 10.1 Å². The van der Waals surface area contributed by atoms with E-state index >= 15 is 0 Å². The fraction of sp³-hybridized carbons (Fsp3) is 0.588. The van der Waals surface area contributed by atoms with E-state index in [1.165, 1.54) is 12.0 Å². The zero-order valence-electron chi connectivity index (χ0n) is 12.3. The number of piperidine rings is 1. The molecule has 1 aromatic carbocycles. The van der Waals surface area contributed by atoms with Crippen molar-refractivity contribution in [1.82, 2.24) is 5.32 Å². The molecule has 2 aliphatic rings. The molecular formula is C17H23NO2. The van der Waals surface area contributed by atoms with Crippen molar-refractivity contribution < 1.29 is 9.53 Å². The zero-order chi connectivity index (χ0) is 14.1. The van der Waals surface area contributed by atoms with Crippen LogP contribution >= 0.6 is 0 Å². The molecule has 1 N–H and O–H groups in total. The standard InChI is InChI=1S/C17H23NO2/c1-11-7-8-18-16(9-11)14-6-4-12-3-5-13(20-2)10-15(12)17(14)19/h3,5,10-11,14,16,18H,4,6-9H2,1-2H3. The molecule has 1 saturated heterocycles. The second-order valence-corrected chi connectivity index (χ2v) is 6.22. The average Bonchev–Trinajstić information content (AvgIpc) is 2.47. The highest BCUT2D eigenvalue weighted by atomic mass is 16.5. The molecule has 3 heteroatoms. The normalized spacial score (nSPS) is 29.9. The predicted molar refractivity (Wildman–Crippen MR) is 79.3 cm³/mol. The van der Waals surface area contributed by atoms with E-state index in [4.69, 9.17) is 4.74 Å². The van der Waals surface area contributed by atoms with Gasteiger partial charge in [0.25, 0.3) is 0 Å². The second-order valence-electron chi connectivity index (χ2n) is 6.22. The molecule has 1 aliphatic heterocycles. The monoisotopic (exact) mass is 273 g/mol. The van der Waals surface area contributed by atoms with Crippen LogP contribution in [0.3, 0.4) is 0 Å².